The normalized spacial score (nSPS) is 20.0. The van der Waals surface area contributed by atoms with Crippen LogP contribution in [0.1, 0.15) is 55.8 Å². The van der Waals surface area contributed by atoms with Gasteiger partial charge in [0.15, 0.2) is 11.2 Å². The van der Waals surface area contributed by atoms with Gasteiger partial charge >= 0.3 is 0 Å². The average molecular weight is 452 g/mol. The number of para-hydroxylation sites is 1. The van der Waals surface area contributed by atoms with Crippen molar-refractivity contribution in [1.29, 1.82) is 0 Å². The topological polar surface area (TPSA) is 79.4 Å². The standard InChI is InChI=1S/C25H29N3O3S/c1-17-9-5-6-13-21(17)28(25(31)18-15-22(29)32-16-18)23(20-12-7-8-14-26-20)24(30)27-19-10-3-2-4-11-19/h5-9,12-14,18-19,23H,2-4,10-11,15-16H2,1H3,(H,27,30)/t18-,23-/m1/s1. The molecule has 1 saturated carbocycles. The maximum Gasteiger partial charge on any atom is 0.249 e. The highest BCUT2D eigenvalue weighted by molar-refractivity contribution is 8.14. The number of nitrogens with one attached hydrogen (secondary N) is 1. The Kier molecular flexibility index (Phi) is 7.25. The number of carbonyl (C=O) groups excluding carboxylic acids is 3. The average Bonchev–Trinajstić information content (AvgIpc) is 3.25. The number of rotatable bonds is 6. The van der Waals surface area contributed by atoms with Gasteiger partial charge in [0.1, 0.15) is 0 Å². The molecule has 2 atom stereocenters. The van der Waals surface area contributed by atoms with Crippen molar-refractivity contribution in [3.63, 3.8) is 0 Å². The minimum absolute atomic E-state index is 0.0223. The van der Waals surface area contributed by atoms with Crippen LogP contribution in [0.4, 0.5) is 5.69 Å². The van der Waals surface area contributed by atoms with Crippen molar-refractivity contribution in [3.8, 4) is 0 Å². The second kappa shape index (κ2) is 10.3. The second-order valence-electron chi connectivity index (χ2n) is 8.58. The maximum absolute atomic E-state index is 13.8. The van der Waals surface area contributed by atoms with Crippen molar-refractivity contribution in [2.24, 2.45) is 5.92 Å². The number of pyridine rings is 1. The third-order valence-corrected chi connectivity index (χ3v) is 7.30. The lowest BCUT2D eigenvalue weighted by atomic mass is 9.94. The van der Waals surface area contributed by atoms with E-state index >= 15 is 0 Å². The maximum atomic E-state index is 13.8. The first-order valence-electron chi connectivity index (χ1n) is 11.3. The van der Waals surface area contributed by atoms with Gasteiger partial charge in [-0.25, -0.2) is 0 Å². The first-order valence-corrected chi connectivity index (χ1v) is 12.3. The van der Waals surface area contributed by atoms with E-state index in [0.717, 1.165) is 31.2 Å². The minimum Gasteiger partial charge on any atom is -0.351 e. The van der Waals surface area contributed by atoms with Gasteiger partial charge in [-0.1, -0.05) is 55.3 Å². The zero-order chi connectivity index (χ0) is 22.5. The zero-order valence-electron chi connectivity index (χ0n) is 18.3. The van der Waals surface area contributed by atoms with E-state index < -0.39 is 12.0 Å². The summed E-state index contributed by atoms with van der Waals surface area (Å²) in [6, 6.07) is 12.2. The molecule has 2 heterocycles. The quantitative estimate of drug-likeness (QED) is 0.712. The lowest BCUT2D eigenvalue weighted by Crippen LogP contribution is -2.49. The molecule has 6 nitrogen and oxygen atoms in total. The molecular formula is C25H29N3O3S. The van der Waals surface area contributed by atoms with E-state index in [1.807, 2.05) is 37.3 Å². The molecule has 1 aromatic carbocycles. The Morgan fingerprint density at radius 3 is 2.50 bits per heavy atom. The lowest BCUT2D eigenvalue weighted by Gasteiger charge is -2.34. The zero-order valence-corrected chi connectivity index (χ0v) is 19.1. The fourth-order valence-corrected chi connectivity index (χ4v) is 5.50. The molecule has 1 aliphatic heterocycles. The third-order valence-electron chi connectivity index (χ3n) is 6.25. The highest BCUT2D eigenvalue weighted by Crippen LogP contribution is 2.35. The predicted molar refractivity (Wildman–Crippen MR) is 126 cm³/mol. The van der Waals surface area contributed by atoms with Crippen LogP contribution in [0.25, 0.3) is 0 Å². The van der Waals surface area contributed by atoms with Crippen molar-refractivity contribution in [1.82, 2.24) is 10.3 Å². The molecule has 0 bridgehead atoms. The van der Waals surface area contributed by atoms with E-state index in [9.17, 15) is 14.4 Å². The van der Waals surface area contributed by atoms with E-state index in [4.69, 9.17) is 0 Å². The van der Waals surface area contributed by atoms with E-state index in [1.165, 1.54) is 18.2 Å². The molecule has 2 fully saturated rings. The number of hydrogen-bond acceptors (Lipinski definition) is 5. The SMILES string of the molecule is Cc1ccccc1N(C(=O)[C@H]1CSC(=O)C1)[C@@H](C(=O)NC1CCCCC1)c1ccccn1. The van der Waals surface area contributed by atoms with Gasteiger partial charge in [0.2, 0.25) is 11.8 Å². The largest absolute Gasteiger partial charge is 0.351 e. The summed E-state index contributed by atoms with van der Waals surface area (Å²) < 4.78 is 0. The van der Waals surface area contributed by atoms with Crippen LogP contribution in [0.3, 0.4) is 0 Å². The van der Waals surface area contributed by atoms with Crippen LogP contribution >= 0.6 is 11.8 Å². The molecule has 1 aliphatic carbocycles. The van der Waals surface area contributed by atoms with Gasteiger partial charge in [-0.2, -0.15) is 0 Å². The molecular weight excluding hydrogens is 422 g/mol. The molecule has 2 aromatic rings. The molecule has 0 spiro atoms. The van der Waals surface area contributed by atoms with Crippen molar-refractivity contribution in [2.45, 2.75) is 57.5 Å². The number of aryl methyl sites for hydroxylation is 1. The van der Waals surface area contributed by atoms with Crippen LogP contribution in [0.2, 0.25) is 0 Å². The number of amides is 2. The molecule has 168 valence electrons. The van der Waals surface area contributed by atoms with Gasteiger partial charge < -0.3 is 5.32 Å². The predicted octanol–water partition coefficient (Wildman–Crippen LogP) is 4.19. The molecule has 2 amide bonds. The summed E-state index contributed by atoms with van der Waals surface area (Å²) in [4.78, 5) is 45.5. The first kappa shape index (κ1) is 22.5. The fourth-order valence-electron chi connectivity index (χ4n) is 4.54. The molecule has 1 saturated heterocycles. The first-order chi connectivity index (χ1) is 15.5. The smallest absolute Gasteiger partial charge is 0.249 e. The monoisotopic (exact) mass is 451 g/mol. The van der Waals surface area contributed by atoms with Crippen molar-refractivity contribution < 1.29 is 14.4 Å². The Balaban J connectivity index is 1.75. The summed E-state index contributed by atoms with van der Waals surface area (Å²) in [6.07, 6.45) is 7.13. The molecule has 0 unspecified atom stereocenters. The Bertz CT molecular complexity index is 975. The summed E-state index contributed by atoms with van der Waals surface area (Å²) in [6.45, 7) is 1.93. The van der Waals surface area contributed by atoms with Crippen molar-refractivity contribution in [2.75, 3.05) is 10.7 Å². The molecule has 1 N–H and O–H groups in total. The van der Waals surface area contributed by atoms with Gasteiger partial charge in [-0.15, -0.1) is 0 Å². The molecule has 0 radical (unpaired) electrons. The molecule has 32 heavy (non-hydrogen) atoms. The molecule has 1 aromatic heterocycles. The van der Waals surface area contributed by atoms with Gasteiger partial charge in [-0.05, 0) is 43.5 Å². The number of anilines is 1. The highest BCUT2D eigenvalue weighted by atomic mass is 32.2. The van der Waals surface area contributed by atoms with Gasteiger partial charge in [0.05, 0.1) is 11.6 Å². The highest BCUT2D eigenvalue weighted by Gasteiger charge is 2.40. The number of hydrogen-bond donors (Lipinski definition) is 1. The lowest BCUT2D eigenvalue weighted by molar-refractivity contribution is -0.129. The Hall–Kier alpha value is -2.67. The van der Waals surface area contributed by atoms with Crippen LogP contribution < -0.4 is 10.2 Å². The molecule has 2 aliphatic rings. The van der Waals surface area contributed by atoms with Gasteiger partial charge in [-0.3, -0.25) is 24.3 Å². The number of thioether (sulfide) groups is 1. The second-order valence-corrected chi connectivity index (χ2v) is 9.66. The summed E-state index contributed by atoms with van der Waals surface area (Å²) in [5.41, 5.74) is 2.09. The molecule has 4 rings (SSSR count). The number of carbonyl (C=O) groups is 3. The van der Waals surface area contributed by atoms with Crippen LogP contribution in [0.15, 0.2) is 48.7 Å². The Morgan fingerprint density at radius 2 is 1.84 bits per heavy atom. The van der Waals surface area contributed by atoms with E-state index in [0.29, 0.717) is 17.1 Å². The summed E-state index contributed by atoms with van der Waals surface area (Å²) in [5, 5.41) is 3.22. The molecule has 7 heteroatoms. The van der Waals surface area contributed by atoms with Crippen LogP contribution in [0.5, 0.6) is 0 Å². The van der Waals surface area contributed by atoms with Crippen molar-refractivity contribution >= 4 is 34.4 Å². The van der Waals surface area contributed by atoms with Gasteiger partial charge in [0, 0.05) is 30.1 Å². The van der Waals surface area contributed by atoms with E-state index in [-0.39, 0.29) is 29.4 Å². The van der Waals surface area contributed by atoms with Gasteiger partial charge in [0.25, 0.3) is 0 Å². The summed E-state index contributed by atoms with van der Waals surface area (Å²) in [5.74, 6) is -0.420. The summed E-state index contributed by atoms with van der Waals surface area (Å²) in [7, 11) is 0. The summed E-state index contributed by atoms with van der Waals surface area (Å²) >= 11 is 1.19. The Labute approximate surface area is 193 Å². The van der Waals surface area contributed by atoms with E-state index in [2.05, 4.69) is 10.3 Å². The Morgan fingerprint density at radius 1 is 1.09 bits per heavy atom. The van der Waals surface area contributed by atoms with Crippen LogP contribution in [0, 0.1) is 12.8 Å². The van der Waals surface area contributed by atoms with Crippen LogP contribution in [-0.2, 0) is 14.4 Å². The third kappa shape index (κ3) is 5.04. The van der Waals surface area contributed by atoms with Crippen LogP contribution in [-0.4, -0.2) is 33.7 Å². The fraction of sp³-hybridized carbons (Fsp3) is 0.440. The number of aromatic nitrogens is 1. The number of nitrogens with zero attached hydrogens (tertiary/aromatic N) is 2. The van der Waals surface area contributed by atoms with E-state index in [1.54, 1.807) is 23.2 Å². The number of benzene rings is 1. The minimum atomic E-state index is -0.896. The van der Waals surface area contributed by atoms with Crippen molar-refractivity contribution in [3.05, 3.63) is 59.9 Å².